The molecule has 0 aromatic carbocycles. The van der Waals surface area contributed by atoms with Crippen molar-refractivity contribution in [3.05, 3.63) is 16.6 Å². The smallest absolute Gasteiger partial charge is 0.0795 e. The summed E-state index contributed by atoms with van der Waals surface area (Å²) in [6.45, 7) is 11.2. The number of hydrogen-bond donors (Lipinski definition) is 1. The zero-order chi connectivity index (χ0) is 11.6. The fraction of sp³-hybridized carbons (Fsp3) is 0.750. The standard InChI is InChI=1S/C12H21N3S/c1-12(2,3)11-7-15(5-4-13-11)6-10-8-16-9-14-10/h8-9,11,13H,4-7H2,1-3H3. The van der Waals surface area contributed by atoms with Gasteiger partial charge in [-0.2, -0.15) is 0 Å². The molecule has 16 heavy (non-hydrogen) atoms. The second-order valence-corrected chi connectivity index (χ2v) is 6.31. The highest BCUT2D eigenvalue weighted by molar-refractivity contribution is 7.07. The van der Waals surface area contributed by atoms with Crippen LogP contribution in [0.5, 0.6) is 0 Å². The van der Waals surface area contributed by atoms with Crippen molar-refractivity contribution < 1.29 is 0 Å². The topological polar surface area (TPSA) is 28.2 Å². The summed E-state index contributed by atoms with van der Waals surface area (Å²) in [5.41, 5.74) is 3.46. The molecule has 0 saturated carbocycles. The van der Waals surface area contributed by atoms with Crippen LogP contribution in [-0.2, 0) is 6.54 Å². The molecule has 0 radical (unpaired) electrons. The molecular formula is C12H21N3S. The Kier molecular flexibility index (Phi) is 3.62. The van der Waals surface area contributed by atoms with E-state index in [-0.39, 0.29) is 0 Å². The third kappa shape index (κ3) is 3.03. The van der Waals surface area contributed by atoms with Gasteiger partial charge in [0, 0.05) is 37.6 Å². The average molecular weight is 239 g/mol. The van der Waals surface area contributed by atoms with Gasteiger partial charge in [0.2, 0.25) is 0 Å². The van der Waals surface area contributed by atoms with Crippen LogP contribution in [0.25, 0.3) is 0 Å². The van der Waals surface area contributed by atoms with Gasteiger partial charge in [-0.05, 0) is 5.41 Å². The number of aromatic nitrogens is 1. The summed E-state index contributed by atoms with van der Waals surface area (Å²) >= 11 is 1.68. The number of rotatable bonds is 2. The Morgan fingerprint density at radius 1 is 1.56 bits per heavy atom. The van der Waals surface area contributed by atoms with E-state index in [1.54, 1.807) is 11.3 Å². The highest BCUT2D eigenvalue weighted by Gasteiger charge is 2.29. The predicted octanol–water partition coefficient (Wildman–Crippen LogP) is 1.96. The minimum Gasteiger partial charge on any atom is -0.311 e. The Hall–Kier alpha value is -0.450. The zero-order valence-corrected chi connectivity index (χ0v) is 11.2. The van der Waals surface area contributed by atoms with E-state index in [9.17, 15) is 0 Å². The fourth-order valence-corrected chi connectivity index (χ4v) is 2.63. The molecule has 1 unspecified atom stereocenters. The molecule has 1 aliphatic heterocycles. The van der Waals surface area contributed by atoms with E-state index in [2.05, 4.69) is 41.4 Å². The molecule has 90 valence electrons. The van der Waals surface area contributed by atoms with Gasteiger partial charge < -0.3 is 5.32 Å². The Morgan fingerprint density at radius 2 is 2.38 bits per heavy atom. The minimum absolute atomic E-state index is 0.334. The molecule has 0 spiro atoms. The van der Waals surface area contributed by atoms with Crippen molar-refractivity contribution in [2.45, 2.75) is 33.4 Å². The van der Waals surface area contributed by atoms with Crippen molar-refractivity contribution in [3.8, 4) is 0 Å². The molecule has 0 bridgehead atoms. The van der Waals surface area contributed by atoms with E-state index < -0.39 is 0 Å². The first kappa shape index (κ1) is 12.0. The van der Waals surface area contributed by atoms with Crippen LogP contribution in [0.3, 0.4) is 0 Å². The molecule has 1 aromatic rings. The molecule has 1 saturated heterocycles. The van der Waals surface area contributed by atoms with E-state index in [0.717, 1.165) is 26.2 Å². The number of nitrogens with zero attached hydrogens (tertiary/aromatic N) is 2. The summed E-state index contributed by atoms with van der Waals surface area (Å²) in [7, 11) is 0. The molecule has 0 amide bonds. The first-order chi connectivity index (χ1) is 7.55. The summed E-state index contributed by atoms with van der Waals surface area (Å²) in [4.78, 5) is 6.86. The molecule has 2 heterocycles. The molecule has 3 nitrogen and oxygen atoms in total. The molecule has 4 heteroatoms. The molecule has 1 N–H and O–H groups in total. The van der Waals surface area contributed by atoms with Gasteiger partial charge in [-0.25, -0.2) is 4.98 Å². The Labute approximate surface area is 102 Å². The van der Waals surface area contributed by atoms with Crippen LogP contribution < -0.4 is 5.32 Å². The quantitative estimate of drug-likeness (QED) is 0.855. The van der Waals surface area contributed by atoms with Gasteiger partial charge >= 0.3 is 0 Å². The van der Waals surface area contributed by atoms with Crippen LogP contribution in [0.15, 0.2) is 10.9 Å². The summed E-state index contributed by atoms with van der Waals surface area (Å²) in [6, 6.07) is 0.583. The summed E-state index contributed by atoms with van der Waals surface area (Å²) < 4.78 is 0. The van der Waals surface area contributed by atoms with Gasteiger partial charge in [0.05, 0.1) is 11.2 Å². The minimum atomic E-state index is 0.334. The van der Waals surface area contributed by atoms with Crippen molar-refractivity contribution in [1.29, 1.82) is 0 Å². The summed E-state index contributed by atoms with van der Waals surface area (Å²) in [5, 5.41) is 5.76. The van der Waals surface area contributed by atoms with E-state index in [1.165, 1.54) is 5.69 Å². The van der Waals surface area contributed by atoms with Crippen LogP contribution >= 0.6 is 11.3 Å². The average Bonchev–Trinajstić information content (AvgIpc) is 2.70. The Morgan fingerprint density at radius 3 is 3.00 bits per heavy atom. The van der Waals surface area contributed by atoms with Gasteiger partial charge in [0.1, 0.15) is 0 Å². The molecule has 1 aliphatic rings. The lowest BCUT2D eigenvalue weighted by Crippen LogP contribution is -2.55. The highest BCUT2D eigenvalue weighted by atomic mass is 32.1. The van der Waals surface area contributed by atoms with Gasteiger partial charge in [-0.15, -0.1) is 11.3 Å². The maximum Gasteiger partial charge on any atom is 0.0795 e. The second kappa shape index (κ2) is 4.82. The predicted molar refractivity (Wildman–Crippen MR) is 68.6 cm³/mol. The van der Waals surface area contributed by atoms with Crippen molar-refractivity contribution >= 4 is 11.3 Å². The number of hydrogen-bond acceptors (Lipinski definition) is 4. The Balaban J connectivity index is 1.92. The van der Waals surface area contributed by atoms with Gasteiger partial charge in [-0.3, -0.25) is 4.90 Å². The third-order valence-corrected chi connectivity index (χ3v) is 3.81. The van der Waals surface area contributed by atoms with Gasteiger partial charge in [-0.1, -0.05) is 20.8 Å². The lowest BCUT2D eigenvalue weighted by molar-refractivity contribution is 0.128. The van der Waals surface area contributed by atoms with E-state index in [1.807, 2.05) is 5.51 Å². The summed E-state index contributed by atoms with van der Waals surface area (Å²) in [6.07, 6.45) is 0. The van der Waals surface area contributed by atoms with Crippen molar-refractivity contribution in [3.63, 3.8) is 0 Å². The summed E-state index contributed by atoms with van der Waals surface area (Å²) in [5.74, 6) is 0. The molecule has 0 aliphatic carbocycles. The SMILES string of the molecule is CC(C)(C)C1CN(Cc2cscn2)CCN1. The largest absolute Gasteiger partial charge is 0.311 e. The lowest BCUT2D eigenvalue weighted by Gasteiger charge is -2.40. The lowest BCUT2D eigenvalue weighted by atomic mass is 9.85. The number of thiazole rings is 1. The Bertz CT molecular complexity index is 316. The van der Waals surface area contributed by atoms with E-state index in [0.29, 0.717) is 11.5 Å². The van der Waals surface area contributed by atoms with Crippen LogP contribution in [0.1, 0.15) is 26.5 Å². The molecular weight excluding hydrogens is 218 g/mol. The normalized spacial score (nSPS) is 23.6. The van der Waals surface area contributed by atoms with Gasteiger partial charge in [0.25, 0.3) is 0 Å². The van der Waals surface area contributed by atoms with E-state index in [4.69, 9.17) is 0 Å². The fourth-order valence-electron chi connectivity index (χ4n) is 2.08. The van der Waals surface area contributed by atoms with Crippen LogP contribution in [0.2, 0.25) is 0 Å². The van der Waals surface area contributed by atoms with Crippen LogP contribution in [0, 0.1) is 5.41 Å². The van der Waals surface area contributed by atoms with Gasteiger partial charge in [0.15, 0.2) is 0 Å². The van der Waals surface area contributed by atoms with Crippen molar-refractivity contribution in [2.75, 3.05) is 19.6 Å². The maximum absolute atomic E-state index is 4.35. The monoisotopic (exact) mass is 239 g/mol. The molecule has 1 fully saturated rings. The van der Waals surface area contributed by atoms with Crippen LogP contribution in [0.4, 0.5) is 0 Å². The molecule has 2 rings (SSSR count). The first-order valence-corrected chi connectivity index (χ1v) is 6.83. The zero-order valence-electron chi connectivity index (χ0n) is 10.4. The van der Waals surface area contributed by atoms with Crippen LogP contribution in [-0.4, -0.2) is 35.6 Å². The van der Waals surface area contributed by atoms with Crippen molar-refractivity contribution in [2.24, 2.45) is 5.41 Å². The highest BCUT2D eigenvalue weighted by Crippen LogP contribution is 2.22. The second-order valence-electron chi connectivity index (χ2n) is 5.59. The third-order valence-electron chi connectivity index (χ3n) is 3.17. The molecule has 1 aromatic heterocycles. The molecule has 1 atom stereocenters. The maximum atomic E-state index is 4.35. The number of nitrogens with one attached hydrogen (secondary N) is 1. The van der Waals surface area contributed by atoms with E-state index >= 15 is 0 Å². The van der Waals surface area contributed by atoms with Crippen molar-refractivity contribution in [1.82, 2.24) is 15.2 Å². The first-order valence-electron chi connectivity index (χ1n) is 5.88. The number of piperazine rings is 1.